The van der Waals surface area contributed by atoms with E-state index < -0.39 is 23.2 Å². The first-order valence-corrected chi connectivity index (χ1v) is 3.99. The van der Waals surface area contributed by atoms with Crippen LogP contribution < -0.4 is 5.32 Å². The molecule has 0 bridgehead atoms. The molecule has 0 aromatic rings. The third-order valence-corrected chi connectivity index (χ3v) is 1.45. The van der Waals surface area contributed by atoms with Gasteiger partial charge in [0.25, 0.3) is 5.91 Å². The van der Waals surface area contributed by atoms with Gasteiger partial charge in [0.1, 0.15) is 0 Å². The maximum absolute atomic E-state index is 11.0. The van der Waals surface area contributed by atoms with Gasteiger partial charge in [-0.25, -0.2) is 0 Å². The summed E-state index contributed by atoms with van der Waals surface area (Å²) >= 11 is 0. The smallest absolute Gasteiger partial charge is 0.305 e. The second-order valence-electron chi connectivity index (χ2n) is 3.48. The summed E-state index contributed by atoms with van der Waals surface area (Å²) in [6.45, 7) is 6.19. The summed E-state index contributed by atoms with van der Waals surface area (Å²) in [5.74, 6) is -2.66. The van der Waals surface area contributed by atoms with E-state index in [-0.39, 0.29) is 6.42 Å². The number of aliphatic carboxylic acids is 1. The molecule has 5 nitrogen and oxygen atoms in total. The van der Waals surface area contributed by atoms with E-state index in [0.717, 1.165) is 6.08 Å². The Labute approximate surface area is 81.8 Å². The number of carbonyl (C=O) groups excluding carboxylic acids is 2. The van der Waals surface area contributed by atoms with E-state index in [4.69, 9.17) is 5.11 Å². The number of amides is 1. The number of carbonyl (C=O) groups is 3. The topological polar surface area (TPSA) is 83.5 Å². The molecule has 78 valence electrons. The van der Waals surface area contributed by atoms with Crippen molar-refractivity contribution in [1.29, 1.82) is 0 Å². The normalized spacial score (nSPS) is 10.4. The van der Waals surface area contributed by atoms with Crippen molar-refractivity contribution in [3.8, 4) is 0 Å². The van der Waals surface area contributed by atoms with Crippen molar-refractivity contribution in [2.45, 2.75) is 25.8 Å². The lowest BCUT2D eigenvalue weighted by molar-refractivity contribution is -0.140. The Morgan fingerprint density at radius 1 is 1.43 bits per heavy atom. The van der Waals surface area contributed by atoms with Gasteiger partial charge in [0.2, 0.25) is 5.78 Å². The van der Waals surface area contributed by atoms with Crippen LogP contribution in [0.4, 0.5) is 0 Å². The molecule has 0 aliphatic heterocycles. The second-order valence-corrected chi connectivity index (χ2v) is 3.48. The van der Waals surface area contributed by atoms with E-state index in [0.29, 0.717) is 0 Å². The summed E-state index contributed by atoms with van der Waals surface area (Å²) in [5, 5.41) is 10.8. The molecule has 0 heterocycles. The van der Waals surface area contributed by atoms with Gasteiger partial charge in [-0.3, -0.25) is 14.4 Å². The molecule has 0 aliphatic rings. The standard InChI is InChI=1S/C9H13NO4/c1-4-6(11)8(14)10-9(2,3)5-7(12)13/h4H,1,5H2,2-3H3,(H,10,14)(H,12,13). The van der Waals surface area contributed by atoms with Gasteiger partial charge in [-0.1, -0.05) is 6.58 Å². The number of carboxylic acid groups (broad SMARTS) is 1. The van der Waals surface area contributed by atoms with Crippen LogP contribution in [0.3, 0.4) is 0 Å². The van der Waals surface area contributed by atoms with Gasteiger partial charge in [-0.15, -0.1) is 0 Å². The fourth-order valence-electron chi connectivity index (χ4n) is 0.884. The van der Waals surface area contributed by atoms with Crippen LogP contribution in [-0.4, -0.2) is 28.3 Å². The van der Waals surface area contributed by atoms with Gasteiger partial charge >= 0.3 is 5.97 Å². The Balaban J connectivity index is 4.35. The van der Waals surface area contributed by atoms with Crippen LogP contribution in [0.1, 0.15) is 20.3 Å². The minimum absolute atomic E-state index is 0.247. The zero-order chi connectivity index (χ0) is 11.4. The van der Waals surface area contributed by atoms with Gasteiger partial charge in [0, 0.05) is 5.54 Å². The molecular weight excluding hydrogens is 186 g/mol. The quantitative estimate of drug-likeness (QED) is 0.486. The number of hydrogen-bond donors (Lipinski definition) is 2. The average Bonchev–Trinajstić information content (AvgIpc) is 1.99. The first-order valence-electron chi connectivity index (χ1n) is 3.99. The maximum atomic E-state index is 11.0. The molecular formula is C9H13NO4. The van der Waals surface area contributed by atoms with Crippen molar-refractivity contribution in [3.05, 3.63) is 12.7 Å². The lowest BCUT2D eigenvalue weighted by atomic mass is 10.0. The first-order chi connectivity index (χ1) is 6.28. The van der Waals surface area contributed by atoms with E-state index in [9.17, 15) is 14.4 Å². The highest BCUT2D eigenvalue weighted by molar-refractivity contribution is 6.40. The summed E-state index contributed by atoms with van der Waals surface area (Å²) < 4.78 is 0. The van der Waals surface area contributed by atoms with Gasteiger partial charge in [0.15, 0.2) is 0 Å². The largest absolute Gasteiger partial charge is 0.481 e. The number of rotatable bonds is 5. The van der Waals surface area contributed by atoms with Crippen molar-refractivity contribution in [2.24, 2.45) is 0 Å². The minimum Gasteiger partial charge on any atom is -0.481 e. The van der Waals surface area contributed by atoms with Crippen LogP contribution in [0.2, 0.25) is 0 Å². The summed E-state index contributed by atoms with van der Waals surface area (Å²) in [7, 11) is 0. The lowest BCUT2D eigenvalue weighted by Crippen LogP contribution is -2.47. The van der Waals surface area contributed by atoms with Crippen LogP contribution in [0.15, 0.2) is 12.7 Å². The Morgan fingerprint density at radius 2 is 1.93 bits per heavy atom. The Bertz CT molecular complexity index is 281. The predicted molar refractivity (Wildman–Crippen MR) is 49.7 cm³/mol. The number of ketones is 1. The highest BCUT2D eigenvalue weighted by Gasteiger charge is 2.25. The molecule has 0 aromatic carbocycles. The minimum atomic E-state index is -1.04. The average molecular weight is 199 g/mol. The van der Waals surface area contributed by atoms with Gasteiger partial charge < -0.3 is 10.4 Å². The van der Waals surface area contributed by atoms with E-state index in [1.54, 1.807) is 0 Å². The van der Waals surface area contributed by atoms with E-state index in [1.165, 1.54) is 13.8 Å². The van der Waals surface area contributed by atoms with Crippen molar-refractivity contribution >= 4 is 17.7 Å². The fourth-order valence-corrected chi connectivity index (χ4v) is 0.884. The zero-order valence-electron chi connectivity index (χ0n) is 8.16. The predicted octanol–water partition coefficient (Wildman–Crippen LogP) is 0.111. The van der Waals surface area contributed by atoms with Crippen molar-refractivity contribution in [1.82, 2.24) is 5.32 Å². The molecule has 0 saturated carbocycles. The molecule has 1 amide bonds. The van der Waals surface area contributed by atoms with Crippen LogP contribution in [0.5, 0.6) is 0 Å². The fraction of sp³-hybridized carbons (Fsp3) is 0.444. The lowest BCUT2D eigenvalue weighted by Gasteiger charge is -2.23. The molecule has 0 spiro atoms. The SMILES string of the molecule is C=CC(=O)C(=O)NC(C)(C)CC(=O)O. The summed E-state index contributed by atoms with van der Waals surface area (Å²) in [5.41, 5.74) is -0.943. The molecule has 0 radical (unpaired) electrons. The molecule has 0 aliphatic carbocycles. The van der Waals surface area contributed by atoms with E-state index >= 15 is 0 Å². The summed E-state index contributed by atoms with van der Waals surface area (Å²) in [6, 6.07) is 0. The highest BCUT2D eigenvalue weighted by atomic mass is 16.4. The van der Waals surface area contributed by atoms with Crippen molar-refractivity contribution < 1.29 is 19.5 Å². The van der Waals surface area contributed by atoms with E-state index in [2.05, 4.69) is 11.9 Å². The molecule has 0 atom stereocenters. The summed E-state index contributed by atoms with van der Waals surface area (Å²) in [6.07, 6.45) is 0.634. The molecule has 14 heavy (non-hydrogen) atoms. The third-order valence-electron chi connectivity index (χ3n) is 1.45. The highest BCUT2D eigenvalue weighted by Crippen LogP contribution is 2.07. The molecule has 2 N–H and O–H groups in total. The second kappa shape index (κ2) is 4.55. The first kappa shape index (κ1) is 12.3. The molecule has 0 fully saturated rings. The van der Waals surface area contributed by atoms with Crippen molar-refractivity contribution in [3.63, 3.8) is 0 Å². The Morgan fingerprint density at radius 3 is 2.29 bits per heavy atom. The van der Waals surface area contributed by atoms with Crippen LogP contribution in [0.25, 0.3) is 0 Å². The van der Waals surface area contributed by atoms with Crippen LogP contribution in [-0.2, 0) is 14.4 Å². The molecule has 0 rings (SSSR count). The Kier molecular flexibility index (Phi) is 4.01. The Hall–Kier alpha value is -1.65. The van der Waals surface area contributed by atoms with Crippen molar-refractivity contribution in [2.75, 3.05) is 0 Å². The molecule has 0 aromatic heterocycles. The molecule has 0 unspecified atom stereocenters. The zero-order valence-corrected chi connectivity index (χ0v) is 8.16. The third kappa shape index (κ3) is 4.39. The van der Waals surface area contributed by atoms with E-state index in [1.807, 2.05) is 0 Å². The molecule has 5 heteroatoms. The number of hydrogen-bond acceptors (Lipinski definition) is 3. The van der Waals surface area contributed by atoms with Gasteiger partial charge in [-0.05, 0) is 19.9 Å². The van der Waals surface area contributed by atoms with Crippen LogP contribution in [0, 0.1) is 0 Å². The summed E-state index contributed by atoms with van der Waals surface area (Å²) in [4.78, 5) is 32.2. The number of carboxylic acids is 1. The number of nitrogens with one attached hydrogen (secondary N) is 1. The monoisotopic (exact) mass is 199 g/mol. The van der Waals surface area contributed by atoms with Crippen LogP contribution >= 0.6 is 0 Å². The maximum Gasteiger partial charge on any atom is 0.305 e. The van der Waals surface area contributed by atoms with Gasteiger partial charge in [0.05, 0.1) is 6.42 Å². The molecule has 0 saturated heterocycles. The van der Waals surface area contributed by atoms with Gasteiger partial charge in [-0.2, -0.15) is 0 Å².